The Morgan fingerprint density at radius 3 is 3.36 bits per heavy atom. The molecule has 1 unspecified atom stereocenters. The molecule has 0 saturated carbocycles. The zero-order valence-electron chi connectivity index (χ0n) is 6.07. The second-order valence-electron chi connectivity index (χ2n) is 2.71. The Labute approximate surface area is 65.3 Å². The van der Waals surface area contributed by atoms with Crippen molar-refractivity contribution in [2.45, 2.75) is 6.42 Å². The van der Waals surface area contributed by atoms with Crippen LogP contribution in [0.3, 0.4) is 0 Å². The van der Waals surface area contributed by atoms with Crippen molar-refractivity contribution < 1.29 is 5.11 Å². The van der Waals surface area contributed by atoms with Crippen molar-refractivity contribution >= 4 is 6.21 Å². The summed E-state index contributed by atoms with van der Waals surface area (Å²) in [4.78, 5) is 4.10. The molecule has 1 heterocycles. The van der Waals surface area contributed by atoms with Crippen LogP contribution in [0.4, 0.5) is 0 Å². The number of aliphatic imine (C=N–C) groups is 1. The normalized spacial score (nSPS) is 27.5. The fraction of sp³-hybridized carbons (Fsp3) is 0.222. The lowest BCUT2D eigenvalue weighted by atomic mass is 9.95. The van der Waals surface area contributed by atoms with E-state index in [0.29, 0.717) is 5.92 Å². The average molecular weight is 147 g/mol. The zero-order valence-corrected chi connectivity index (χ0v) is 6.07. The van der Waals surface area contributed by atoms with Crippen LogP contribution < -0.4 is 0 Å². The van der Waals surface area contributed by atoms with Crippen LogP contribution in [0.1, 0.15) is 6.42 Å². The van der Waals surface area contributed by atoms with Crippen molar-refractivity contribution in [3.63, 3.8) is 0 Å². The molecule has 56 valence electrons. The summed E-state index contributed by atoms with van der Waals surface area (Å²) in [5, 5.41) is 9.11. The van der Waals surface area contributed by atoms with Crippen LogP contribution in [-0.4, -0.2) is 11.3 Å². The summed E-state index contributed by atoms with van der Waals surface area (Å²) in [5.74, 6) is 0.576. The molecule has 1 N–H and O–H groups in total. The van der Waals surface area contributed by atoms with Gasteiger partial charge in [0.2, 0.25) is 0 Å². The number of aliphatic hydroxyl groups is 1. The monoisotopic (exact) mass is 147 g/mol. The van der Waals surface area contributed by atoms with E-state index in [2.05, 4.69) is 11.1 Å². The first-order valence-electron chi connectivity index (χ1n) is 3.68. The molecule has 0 aromatic heterocycles. The molecule has 0 amide bonds. The summed E-state index contributed by atoms with van der Waals surface area (Å²) in [6.07, 6.45) is 10.3. The summed E-state index contributed by atoms with van der Waals surface area (Å²) >= 11 is 0. The molecule has 0 spiro atoms. The van der Waals surface area contributed by atoms with E-state index in [4.69, 9.17) is 5.11 Å². The maximum absolute atomic E-state index is 9.11. The van der Waals surface area contributed by atoms with E-state index in [-0.39, 0.29) is 5.76 Å². The number of dihydropyridines is 1. The predicted molar refractivity (Wildman–Crippen MR) is 44.5 cm³/mol. The molecule has 2 rings (SSSR count). The molecule has 11 heavy (non-hydrogen) atoms. The molecule has 1 aliphatic heterocycles. The van der Waals surface area contributed by atoms with E-state index < -0.39 is 0 Å². The minimum Gasteiger partial charge on any atom is -0.507 e. The zero-order chi connectivity index (χ0) is 7.68. The van der Waals surface area contributed by atoms with Crippen LogP contribution in [0, 0.1) is 5.92 Å². The van der Waals surface area contributed by atoms with Crippen molar-refractivity contribution in [1.82, 2.24) is 0 Å². The van der Waals surface area contributed by atoms with Crippen LogP contribution in [0.15, 0.2) is 40.8 Å². The van der Waals surface area contributed by atoms with E-state index in [1.165, 1.54) is 6.21 Å². The number of allylic oxidation sites excluding steroid dienone is 5. The van der Waals surface area contributed by atoms with E-state index in [1.54, 1.807) is 0 Å². The highest BCUT2D eigenvalue weighted by molar-refractivity contribution is 5.78. The van der Waals surface area contributed by atoms with Crippen molar-refractivity contribution in [2.75, 3.05) is 0 Å². The van der Waals surface area contributed by atoms with Crippen LogP contribution in [0.5, 0.6) is 0 Å². The quantitative estimate of drug-likeness (QED) is 0.558. The maximum Gasteiger partial charge on any atom is 0.130 e. The van der Waals surface area contributed by atoms with Crippen molar-refractivity contribution in [3.8, 4) is 0 Å². The first kappa shape index (κ1) is 6.40. The van der Waals surface area contributed by atoms with Gasteiger partial charge >= 0.3 is 0 Å². The number of aliphatic hydroxyl groups excluding tert-OH is 1. The molecule has 1 atom stereocenters. The number of hydrogen-bond acceptors (Lipinski definition) is 2. The smallest absolute Gasteiger partial charge is 0.130 e. The average Bonchev–Trinajstić information content (AvgIpc) is 2.04. The molecular weight excluding hydrogens is 138 g/mol. The van der Waals surface area contributed by atoms with Crippen molar-refractivity contribution in [3.05, 3.63) is 35.8 Å². The SMILES string of the molecule is OC1=CC2CC=CC=C2N=C1. The number of hydrogen-bond donors (Lipinski definition) is 1. The largest absolute Gasteiger partial charge is 0.507 e. The Balaban J connectivity index is 2.33. The van der Waals surface area contributed by atoms with Gasteiger partial charge in [0, 0.05) is 11.6 Å². The second kappa shape index (κ2) is 2.38. The van der Waals surface area contributed by atoms with E-state index in [9.17, 15) is 0 Å². The molecule has 0 aromatic rings. The lowest BCUT2D eigenvalue weighted by Gasteiger charge is -2.17. The minimum absolute atomic E-state index is 0.280. The lowest BCUT2D eigenvalue weighted by Crippen LogP contribution is -2.07. The summed E-state index contributed by atoms with van der Waals surface area (Å²) in [6.45, 7) is 0. The molecule has 0 fully saturated rings. The van der Waals surface area contributed by atoms with Gasteiger partial charge in [-0.3, -0.25) is 4.99 Å². The molecule has 0 bridgehead atoms. The third-order valence-electron chi connectivity index (χ3n) is 1.89. The van der Waals surface area contributed by atoms with Crippen LogP contribution in [-0.2, 0) is 0 Å². The Hall–Kier alpha value is -1.31. The maximum atomic E-state index is 9.11. The van der Waals surface area contributed by atoms with E-state index in [1.807, 2.05) is 18.2 Å². The van der Waals surface area contributed by atoms with Gasteiger partial charge in [0.05, 0.1) is 6.21 Å². The first-order valence-corrected chi connectivity index (χ1v) is 3.68. The molecule has 2 aliphatic rings. The van der Waals surface area contributed by atoms with Crippen LogP contribution in [0.2, 0.25) is 0 Å². The molecular formula is C9H9NO. The molecule has 0 aromatic carbocycles. The standard InChI is InChI=1S/C9H9NO/c11-8-5-7-3-1-2-4-9(7)10-6-8/h1-2,4-7,11H,3H2. The summed E-state index contributed by atoms with van der Waals surface area (Å²) in [5.41, 5.74) is 1.05. The molecule has 1 aliphatic carbocycles. The number of fused-ring (bicyclic) bond motifs is 1. The Morgan fingerprint density at radius 1 is 1.55 bits per heavy atom. The van der Waals surface area contributed by atoms with Crippen molar-refractivity contribution in [1.29, 1.82) is 0 Å². The molecule has 0 radical (unpaired) electrons. The van der Waals surface area contributed by atoms with Gasteiger partial charge in [0.1, 0.15) is 5.76 Å². The van der Waals surface area contributed by atoms with Gasteiger partial charge in [-0.25, -0.2) is 0 Å². The molecule has 2 nitrogen and oxygen atoms in total. The van der Waals surface area contributed by atoms with Crippen LogP contribution in [0.25, 0.3) is 0 Å². The Kier molecular flexibility index (Phi) is 1.39. The Morgan fingerprint density at radius 2 is 2.45 bits per heavy atom. The third-order valence-corrected chi connectivity index (χ3v) is 1.89. The first-order chi connectivity index (χ1) is 5.36. The number of nitrogens with zero attached hydrogens (tertiary/aromatic N) is 1. The summed E-state index contributed by atoms with van der Waals surface area (Å²) < 4.78 is 0. The fourth-order valence-corrected chi connectivity index (χ4v) is 1.32. The fourth-order valence-electron chi connectivity index (χ4n) is 1.32. The van der Waals surface area contributed by atoms with Gasteiger partial charge in [-0.15, -0.1) is 0 Å². The molecule has 0 saturated heterocycles. The van der Waals surface area contributed by atoms with E-state index >= 15 is 0 Å². The van der Waals surface area contributed by atoms with Gasteiger partial charge in [-0.1, -0.05) is 12.2 Å². The highest BCUT2D eigenvalue weighted by Crippen LogP contribution is 2.25. The number of rotatable bonds is 0. The van der Waals surface area contributed by atoms with Gasteiger partial charge in [0.15, 0.2) is 0 Å². The minimum atomic E-state index is 0.280. The van der Waals surface area contributed by atoms with Crippen molar-refractivity contribution in [2.24, 2.45) is 10.9 Å². The highest BCUT2D eigenvalue weighted by Gasteiger charge is 2.15. The molecule has 2 heteroatoms. The predicted octanol–water partition coefficient (Wildman–Crippen LogP) is 1.97. The second-order valence-corrected chi connectivity index (χ2v) is 2.71. The highest BCUT2D eigenvalue weighted by atomic mass is 16.3. The van der Waals surface area contributed by atoms with Gasteiger partial charge < -0.3 is 5.11 Å². The van der Waals surface area contributed by atoms with Gasteiger partial charge in [-0.05, 0) is 18.6 Å². The Bertz CT molecular complexity index is 284. The van der Waals surface area contributed by atoms with Gasteiger partial charge in [0.25, 0.3) is 0 Å². The third kappa shape index (κ3) is 1.11. The van der Waals surface area contributed by atoms with E-state index in [0.717, 1.165) is 12.1 Å². The van der Waals surface area contributed by atoms with Crippen LogP contribution >= 0.6 is 0 Å². The lowest BCUT2D eigenvalue weighted by molar-refractivity contribution is 0.436. The summed E-state index contributed by atoms with van der Waals surface area (Å²) in [6, 6.07) is 0. The summed E-state index contributed by atoms with van der Waals surface area (Å²) in [7, 11) is 0. The van der Waals surface area contributed by atoms with Gasteiger partial charge in [-0.2, -0.15) is 0 Å². The topological polar surface area (TPSA) is 32.6 Å².